The molecule has 1 amide bonds. The van der Waals surface area contributed by atoms with Gasteiger partial charge in [-0.05, 0) is 12.3 Å². The van der Waals surface area contributed by atoms with E-state index in [9.17, 15) is 4.79 Å². The predicted molar refractivity (Wildman–Crippen MR) is 43.7 cm³/mol. The molecule has 1 fully saturated rings. The van der Waals surface area contributed by atoms with Crippen LogP contribution in [0.4, 0.5) is 0 Å². The number of amides is 1. The molecular weight excluding hydrogens is 138 g/mol. The fourth-order valence-corrected chi connectivity index (χ4v) is 1.16. The maximum absolute atomic E-state index is 11.3. The molecule has 1 rings (SSSR count). The molecule has 0 aliphatic heterocycles. The largest absolute Gasteiger partial charge is 0.334 e. The zero-order valence-electron chi connectivity index (χ0n) is 7.00. The molecule has 0 aromatic rings. The summed E-state index contributed by atoms with van der Waals surface area (Å²) in [5.41, 5.74) is 0. The van der Waals surface area contributed by atoms with E-state index in [0.717, 1.165) is 6.42 Å². The second-order valence-electron chi connectivity index (χ2n) is 3.22. The Balaban J connectivity index is 2.37. The predicted octanol–water partition coefficient (Wildman–Crippen LogP) is 0.734. The molecule has 1 aliphatic rings. The minimum atomic E-state index is 0.204. The minimum absolute atomic E-state index is 0.204. The van der Waals surface area contributed by atoms with Gasteiger partial charge in [-0.15, -0.1) is 6.42 Å². The highest BCUT2D eigenvalue weighted by molar-refractivity contribution is 5.81. The van der Waals surface area contributed by atoms with E-state index >= 15 is 0 Å². The summed E-state index contributed by atoms with van der Waals surface area (Å²) in [4.78, 5) is 13.0. The number of terminal acetylenes is 1. The van der Waals surface area contributed by atoms with Crippen molar-refractivity contribution >= 4 is 5.91 Å². The molecule has 0 radical (unpaired) electrons. The summed E-state index contributed by atoms with van der Waals surface area (Å²) in [6.45, 7) is 2.52. The Kier molecular flexibility index (Phi) is 2.19. The maximum Gasteiger partial charge on any atom is 0.226 e. The van der Waals surface area contributed by atoms with Gasteiger partial charge in [0.2, 0.25) is 5.91 Å². The summed E-state index contributed by atoms with van der Waals surface area (Å²) in [5, 5.41) is 0. The van der Waals surface area contributed by atoms with Crippen LogP contribution in [0.3, 0.4) is 0 Å². The van der Waals surface area contributed by atoms with Crippen molar-refractivity contribution in [1.82, 2.24) is 4.90 Å². The Labute approximate surface area is 67.6 Å². The van der Waals surface area contributed by atoms with Crippen LogP contribution in [0.2, 0.25) is 0 Å². The number of carbonyl (C=O) groups is 1. The van der Waals surface area contributed by atoms with E-state index in [2.05, 4.69) is 12.8 Å². The Hall–Kier alpha value is -0.970. The second-order valence-corrected chi connectivity index (χ2v) is 3.22. The zero-order chi connectivity index (χ0) is 8.43. The van der Waals surface area contributed by atoms with Crippen molar-refractivity contribution in [1.29, 1.82) is 0 Å². The van der Waals surface area contributed by atoms with Gasteiger partial charge in [0, 0.05) is 13.0 Å². The number of hydrogen-bond donors (Lipinski definition) is 0. The molecule has 0 aromatic heterocycles. The number of hydrogen-bond acceptors (Lipinski definition) is 1. The average molecular weight is 151 g/mol. The molecule has 2 atom stereocenters. The highest BCUT2D eigenvalue weighted by Gasteiger charge is 2.40. The van der Waals surface area contributed by atoms with E-state index < -0.39 is 0 Å². The summed E-state index contributed by atoms with van der Waals surface area (Å²) in [6.07, 6.45) is 6.11. The smallest absolute Gasteiger partial charge is 0.226 e. The number of nitrogens with zero attached hydrogens (tertiary/aromatic N) is 1. The molecule has 2 unspecified atom stereocenters. The Morgan fingerprint density at radius 3 is 2.73 bits per heavy atom. The van der Waals surface area contributed by atoms with E-state index in [0.29, 0.717) is 12.5 Å². The first-order valence-corrected chi connectivity index (χ1v) is 3.85. The van der Waals surface area contributed by atoms with Crippen LogP contribution in [0.5, 0.6) is 0 Å². The first kappa shape index (κ1) is 8.13. The first-order chi connectivity index (χ1) is 5.16. The van der Waals surface area contributed by atoms with Crippen molar-refractivity contribution < 1.29 is 4.79 Å². The molecule has 60 valence electrons. The number of carbonyl (C=O) groups excluding carboxylic acids is 1. The van der Waals surface area contributed by atoms with Gasteiger partial charge in [-0.1, -0.05) is 12.8 Å². The quantitative estimate of drug-likeness (QED) is 0.533. The van der Waals surface area contributed by atoms with E-state index in [4.69, 9.17) is 6.42 Å². The Bertz CT molecular complexity index is 204. The van der Waals surface area contributed by atoms with Gasteiger partial charge < -0.3 is 4.90 Å². The summed E-state index contributed by atoms with van der Waals surface area (Å²) < 4.78 is 0. The van der Waals surface area contributed by atoms with Gasteiger partial charge in [0.1, 0.15) is 0 Å². The number of rotatable bonds is 2. The lowest BCUT2D eigenvalue weighted by molar-refractivity contribution is -0.130. The van der Waals surface area contributed by atoms with Gasteiger partial charge in [0.05, 0.1) is 6.54 Å². The molecule has 2 heteroatoms. The molecular formula is C9H13NO. The van der Waals surface area contributed by atoms with Crippen molar-refractivity contribution in [3.63, 3.8) is 0 Å². The van der Waals surface area contributed by atoms with Crippen LogP contribution >= 0.6 is 0 Å². The SMILES string of the molecule is C#CCN(C)C(=O)C1CC1C. The van der Waals surface area contributed by atoms with E-state index in [1.165, 1.54) is 0 Å². The van der Waals surface area contributed by atoms with Gasteiger partial charge in [0.25, 0.3) is 0 Å². The van der Waals surface area contributed by atoms with Crippen molar-refractivity contribution in [3.8, 4) is 12.3 Å². The summed E-state index contributed by atoms with van der Waals surface area (Å²) in [5.74, 6) is 3.48. The van der Waals surface area contributed by atoms with Gasteiger partial charge in [-0.3, -0.25) is 4.79 Å². The Morgan fingerprint density at radius 1 is 1.82 bits per heavy atom. The van der Waals surface area contributed by atoms with Crippen molar-refractivity contribution in [2.45, 2.75) is 13.3 Å². The third kappa shape index (κ3) is 1.74. The maximum atomic E-state index is 11.3. The fourth-order valence-electron chi connectivity index (χ4n) is 1.16. The van der Waals surface area contributed by atoms with Crippen LogP contribution < -0.4 is 0 Å². The van der Waals surface area contributed by atoms with Crippen molar-refractivity contribution in [2.75, 3.05) is 13.6 Å². The van der Waals surface area contributed by atoms with Crippen LogP contribution in [-0.4, -0.2) is 24.4 Å². The van der Waals surface area contributed by atoms with Crippen LogP contribution in [0.25, 0.3) is 0 Å². The van der Waals surface area contributed by atoms with Gasteiger partial charge in [-0.25, -0.2) is 0 Å². The molecule has 0 saturated heterocycles. The molecule has 0 bridgehead atoms. The fraction of sp³-hybridized carbons (Fsp3) is 0.667. The highest BCUT2D eigenvalue weighted by Crippen LogP contribution is 2.38. The first-order valence-electron chi connectivity index (χ1n) is 3.85. The summed E-state index contributed by atoms with van der Waals surface area (Å²) in [7, 11) is 1.76. The molecule has 11 heavy (non-hydrogen) atoms. The van der Waals surface area contributed by atoms with E-state index in [1.807, 2.05) is 0 Å². The lowest BCUT2D eigenvalue weighted by Gasteiger charge is -2.12. The normalized spacial score (nSPS) is 27.4. The van der Waals surface area contributed by atoms with Gasteiger partial charge in [0.15, 0.2) is 0 Å². The zero-order valence-corrected chi connectivity index (χ0v) is 7.00. The van der Waals surface area contributed by atoms with Crippen LogP contribution in [-0.2, 0) is 4.79 Å². The van der Waals surface area contributed by atoms with Crippen molar-refractivity contribution in [3.05, 3.63) is 0 Å². The lowest BCUT2D eigenvalue weighted by atomic mass is 10.3. The minimum Gasteiger partial charge on any atom is -0.334 e. The molecule has 0 aromatic carbocycles. The molecule has 2 nitrogen and oxygen atoms in total. The molecule has 1 saturated carbocycles. The van der Waals surface area contributed by atoms with Crippen LogP contribution in [0, 0.1) is 24.2 Å². The van der Waals surface area contributed by atoms with Gasteiger partial charge >= 0.3 is 0 Å². The summed E-state index contributed by atoms with van der Waals surface area (Å²) in [6, 6.07) is 0. The third-order valence-corrected chi connectivity index (χ3v) is 2.13. The molecule has 1 aliphatic carbocycles. The van der Waals surface area contributed by atoms with E-state index in [-0.39, 0.29) is 11.8 Å². The lowest BCUT2D eigenvalue weighted by Crippen LogP contribution is -2.28. The third-order valence-electron chi connectivity index (χ3n) is 2.13. The summed E-state index contributed by atoms with van der Waals surface area (Å²) >= 11 is 0. The van der Waals surface area contributed by atoms with Gasteiger partial charge in [-0.2, -0.15) is 0 Å². The second kappa shape index (κ2) is 2.96. The topological polar surface area (TPSA) is 20.3 Å². The van der Waals surface area contributed by atoms with Crippen molar-refractivity contribution in [2.24, 2.45) is 11.8 Å². The molecule has 0 heterocycles. The highest BCUT2D eigenvalue weighted by atomic mass is 16.2. The van der Waals surface area contributed by atoms with Crippen LogP contribution in [0.1, 0.15) is 13.3 Å². The van der Waals surface area contributed by atoms with Crippen LogP contribution in [0.15, 0.2) is 0 Å². The average Bonchev–Trinajstić information content (AvgIpc) is 2.66. The monoisotopic (exact) mass is 151 g/mol. The Morgan fingerprint density at radius 2 is 2.36 bits per heavy atom. The standard InChI is InChI=1S/C9H13NO/c1-4-5-10(3)9(11)8-6-7(8)2/h1,7-8H,5-6H2,2-3H3. The molecule has 0 spiro atoms. The van der Waals surface area contributed by atoms with E-state index in [1.54, 1.807) is 11.9 Å². The molecule has 0 N–H and O–H groups in total.